The standard InChI is InChI=1S/C16H17ClF3N3O/c1-8(21)11-6-10(4-5-12(11)17)7-13(24)15-14(16(18,19)20)9(2)22-23(15)3/h4-6,8H,7,21H2,1-3H3. The van der Waals surface area contributed by atoms with Gasteiger partial charge in [-0.25, -0.2) is 0 Å². The van der Waals surface area contributed by atoms with E-state index < -0.39 is 23.2 Å². The van der Waals surface area contributed by atoms with E-state index in [-0.39, 0.29) is 18.2 Å². The minimum absolute atomic E-state index is 0.195. The molecule has 130 valence electrons. The molecule has 2 aromatic rings. The van der Waals surface area contributed by atoms with Gasteiger partial charge in [-0.1, -0.05) is 23.7 Å². The van der Waals surface area contributed by atoms with Gasteiger partial charge in [0.25, 0.3) is 0 Å². The van der Waals surface area contributed by atoms with Crippen molar-refractivity contribution in [2.75, 3.05) is 0 Å². The fourth-order valence-corrected chi connectivity index (χ4v) is 2.93. The first-order valence-electron chi connectivity index (χ1n) is 7.20. The number of rotatable bonds is 4. The van der Waals surface area contributed by atoms with E-state index in [2.05, 4.69) is 5.10 Å². The number of nitrogens with two attached hydrogens (primary N) is 1. The second-order valence-corrected chi connectivity index (χ2v) is 6.08. The number of alkyl halides is 3. The summed E-state index contributed by atoms with van der Waals surface area (Å²) in [5.41, 5.74) is 5.33. The molecular formula is C16H17ClF3N3O. The summed E-state index contributed by atoms with van der Waals surface area (Å²) < 4.78 is 40.6. The van der Waals surface area contributed by atoms with E-state index in [1.807, 2.05) is 0 Å². The lowest BCUT2D eigenvalue weighted by atomic mass is 9.99. The third-order valence-electron chi connectivity index (χ3n) is 3.69. The third-order valence-corrected chi connectivity index (χ3v) is 4.03. The molecule has 2 rings (SSSR count). The summed E-state index contributed by atoms with van der Waals surface area (Å²) in [6.45, 7) is 2.97. The van der Waals surface area contributed by atoms with Gasteiger partial charge in [0.15, 0.2) is 5.78 Å². The zero-order valence-electron chi connectivity index (χ0n) is 13.4. The summed E-state index contributed by atoms with van der Waals surface area (Å²) in [7, 11) is 1.32. The molecule has 0 fully saturated rings. The van der Waals surface area contributed by atoms with Crippen LogP contribution in [0.1, 0.15) is 45.8 Å². The molecule has 0 aliphatic heterocycles. The van der Waals surface area contributed by atoms with Gasteiger partial charge in [-0.15, -0.1) is 0 Å². The maximum absolute atomic E-state index is 13.2. The van der Waals surface area contributed by atoms with Gasteiger partial charge in [0, 0.05) is 24.5 Å². The Kier molecular flexibility index (Phi) is 5.05. The van der Waals surface area contributed by atoms with Crippen LogP contribution >= 0.6 is 11.6 Å². The molecular weight excluding hydrogens is 343 g/mol. The fourth-order valence-electron chi connectivity index (χ4n) is 2.64. The van der Waals surface area contributed by atoms with Crippen molar-refractivity contribution in [3.8, 4) is 0 Å². The van der Waals surface area contributed by atoms with Crippen molar-refractivity contribution < 1.29 is 18.0 Å². The van der Waals surface area contributed by atoms with Crippen molar-refractivity contribution in [2.24, 2.45) is 12.8 Å². The number of carbonyl (C=O) groups is 1. The number of carbonyl (C=O) groups excluding carboxylic acids is 1. The van der Waals surface area contributed by atoms with Crippen LogP contribution in [-0.4, -0.2) is 15.6 Å². The topological polar surface area (TPSA) is 60.9 Å². The van der Waals surface area contributed by atoms with Crippen molar-refractivity contribution in [2.45, 2.75) is 32.5 Å². The van der Waals surface area contributed by atoms with Gasteiger partial charge in [0.2, 0.25) is 0 Å². The molecule has 2 N–H and O–H groups in total. The van der Waals surface area contributed by atoms with Gasteiger partial charge in [-0.3, -0.25) is 9.48 Å². The second-order valence-electron chi connectivity index (χ2n) is 5.67. The third kappa shape index (κ3) is 3.62. The summed E-state index contributed by atoms with van der Waals surface area (Å²) >= 11 is 6.03. The highest BCUT2D eigenvalue weighted by molar-refractivity contribution is 6.31. The quantitative estimate of drug-likeness (QED) is 0.843. The monoisotopic (exact) mass is 359 g/mol. The van der Waals surface area contributed by atoms with E-state index in [9.17, 15) is 18.0 Å². The zero-order chi connectivity index (χ0) is 18.2. The molecule has 24 heavy (non-hydrogen) atoms. The largest absolute Gasteiger partial charge is 0.420 e. The average Bonchev–Trinajstić information content (AvgIpc) is 2.75. The molecule has 1 unspecified atom stereocenters. The molecule has 1 aromatic heterocycles. The molecule has 8 heteroatoms. The Balaban J connectivity index is 2.40. The molecule has 0 radical (unpaired) electrons. The molecule has 1 heterocycles. The normalized spacial score (nSPS) is 13.2. The van der Waals surface area contributed by atoms with Crippen LogP contribution in [0.4, 0.5) is 13.2 Å². The maximum atomic E-state index is 13.2. The van der Waals surface area contributed by atoms with Gasteiger partial charge >= 0.3 is 6.18 Å². The van der Waals surface area contributed by atoms with Crippen LogP contribution in [0.25, 0.3) is 0 Å². The number of ketones is 1. The van der Waals surface area contributed by atoms with Gasteiger partial charge in [0.05, 0.1) is 5.69 Å². The minimum Gasteiger partial charge on any atom is -0.324 e. The predicted octanol–water partition coefficient (Wildman–Crippen LogP) is 3.85. The molecule has 0 spiro atoms. The molecule has 0 saturated heterocycles. The summed E-state index contributed by atoms with van der Waals surface area (Å²) in [5.74, 6) is -0.664. The lowest BCUT2D eigenvalue weighted by Crippen LogP contribution is -2.17. The van der Waals surface area contributed by atoms with Gasteiger partial charge in [0.1, 0.15) is 11.3 Å². The van der Waals surface area contributed by atoms with Crippen LogP contribution in [0.5, 0.6) is 0 Å². The number of aryl methyl sites for hydroxylation is 2. The van der Waals surface area contributed by atoms with Crippen molar-refractivity contribution >= 4 is 17.4 Å². The minimum atomic E-state index is -4.64. The summed E-state index contributed by atoms with van der Waals surface area (Å²) in [6, 6.07) is 4.48. The second kappa shape index (κ2) is 6.57. The highest BCUT2D eigenvalue weighted by Gasteiger charge is 2.40. The Morgan fingerprint density at radius 1 is 1.42 bits per heavy atom. The van der Waals surface area contributed by atoms with Crippen molar-refractivity contribution in [1.29, 1.82) is 0 Å². The Morgan fingerprint density at radius 2 is 2.04 bits per heavy atom. The number of benzene rings is 1. The molecule has 0 bridgehead atoms. The Labute approximate surface area is 142 Å². The number of hydrogen-bond acceptors (Lipinski definition) is 3. The summed E-state index contributed by atoms with van der Waals surface area (Å²) in [4.78, 5) is 12.5. The Hall–Kier alpha value is -1.86. The van der Waals surface area contributed by atoms with E-state index in [1.54, 1.807) is 25.1 Å². The van der Waals surface area contributed by atoms with Gasteiger partial charge < -0.3 is 5.73 Å². The first kappa shape index (κ1) is 18.5. The van der Waals surface area contributed by atoms with Crippen LogP contribution in [0.15, 0.2) is 18.2 Å². The molecule has 1 atom stereocenters. The maximum Gasteiger partial charge on any atom is 0.420 e. The number of halogens is 4. The number of hydrogen-bond donors (Lipinski definition) is 1. The highest BCUT2D eigenvalue weighted by Crippen LogP contribution is 2.35. The summed E-state index contributed by atoms with van der Waals surface area (Å²) in [5, 5.41) is 4.19. The lowest BCUT2D eigenvalue weighted by Gasteiger charge is -2.12. The van der Waals surface area contributed by atoms with E-state index >= 15 is 0 Å². The number of aromatic nitrogens is 2. The van der Waals surface area contributed by atoms with E-state index in [0.29, 0.717) is 16.1 Å². The van der Waals surface area contributed by atoms with E-state index in [0.717, 1.165) is 4.68 Å². The Morgan fingerprint density at radius 3 is 2.58 bits per heavy atom. The van der Waals surface area contributed by atoms with Crippen molar-refractivity contribution in [3.05, 3.63) is 51.3 Å². The molecule has 0 saturated carbocycles. The van der Waals surface area contributed by atoms with Crippen LogP contribution in [0, 0.1) is 6.92 Å². The van der Waals surface area contributed by atoms with Crippen LogP contribution in [0.3, 0.4) is 0 Å². The first-order valence-corrected chi connectivity index (χ1v) is 7.58. The molecule has 0 amide bonds. The number of Topliss-reactive ketones (excluding diaryl/α,β-unsaturated/α-hetero) is 1. The average molecular weight is 360 g/mol. The number of nitrogens with zero attached hydrogens (tertiary/aromatic N) is 2. The molecule has 0 aliphatic rings. The SMILES string of the molecule is Cc1nn(C)c(C(=O)Cc2ccc(Cl)c(C(C)N)c2)c1C(F)(F)F. The molecule has 4 nitrogen and oxygen atoms in total. The fraction of sp³-hybridized carbons (Fsp3) is 0.375. The molecule has 1 aromatic carbocycles. The zero-order valence-corrected chi connectivity index (χ0v) is 14.2. The lowest BCUT2D eigenvalue weighted by molar-refractivity contribution is -0.138. The van der Waals surface area contributed by atoms with E-state index in [4.69, 9.17) is 17.3 Å². The van der Waals surface area contributed by atoms with Crippen LogP contribution in [0.2, 0.25) is 5.02 Å². The summed E-state index contributed by atoms with van der Waals surface area (Å²) in [6.07, 6.45) is -4.83. The smallest absolute Gasteiger partial charge is 0.324 e. The molecule has 0 aliphatic carbocycles. The van der Waals surface area contributed by atoms with Gasteiger partial charge in [-0.2, -0.15) is 18.3 Å². The van der Waals surface area contributed by atoms with Gasteiger partial charge in [-0.05, 0) is 31.0 Å². The van der Waals surface area contributed by atoms with Crippen molar-refractivity contribution in [1.82, 2.24) is 9.78 Å². The predicted molar refractivity (Wildman–Crippen MR) is 85.0 cm³/mol. The van der Waals surface area contributed by atoms with Crippen LogP contribution in [-0.2, 0) is 19.6 Å². The van der Waals surface area contributed by atoms with Crippen LogP contribution < -0.4 is 5.73 Å². The van der Waals surface area contributed by atoms with Crippen molar-refractivity contribution in [3.63, 3.8) is 0 Å². The highest BCUT2D eigenvalue weighted by atomic mass is 35.5. The Bertz CT molecular complexity index is 782. The van der Waals surface area contributed by atoms with E-state index in [1.165, 1.54) is 14.0 Å². The first-order chi connectivity index (χ1) is 11.0.